The van der Waals surface area contributed by atoms with Gasteiger partial charge in [-0.3, -0.25) is 9.59 Å². The average Bonchev–Trinajstić information content (AvgIpc) is 2.27. The predicted molar refractivity (Wildman–Crippen MR) is 64.4 cm³/mol. The molecule has 98 valence electrons. The number of piperidine rings is 1. The lowest BCUT2D eigenvalue weighted by molar-refractivity contribution is -0.130. The Morgan fingerprint density at radius 3 is 2.82 bits per heavy atom. The Hall–Kier alpha value is -1.10. The lowest BCUT2D eigenvalue weighted by atomic mass is 9.98. The third-order valence-corrected chi connectivity index (χ3v) is 2.86. The minimum absolute atomic E-state index is 0.00206. The van der Waals surface area contributed by atoms with Crippen molar-refractivity contribution in [3.8, 4) is 0 Å². The van der Waals surface area contributed by atoms with Gasteiger partial charge in [-0.1, -0.05) is 0 Å². The molecule has 2 N–H and O–H groups in total. The smallest absolute Gasteiger partial charge is 0.225 e. The molecule has 0 aromatic carbocycles. The molecule has 1 saturated heterocycles. The number of carbonyl (C=O) groups excluding carboxylic acids is 2. The SMILES string of the molecule is CCOC(C)(C)CNC(=O)C1CCC(=O)NC1. The molecule has 1 heterocycles. The maximum absolute atomic E-state index is 11.8. The quantitative estimate of drug-likeness (QED) is 0.735. The molecule has 0 radical (unpaired) electrons. The van der Waals surface area contributed by atoms with Gasteiger partial charge < -0.3 is 15.4 Å². The highest BCUT2D eigenvalue weighted by Crippen LogP contribution is 2.12. The monoisotopic (exact) mass is 242 g/mol. The molecular formula is C12H22N2O3. The highest BCUT2D eigenvalue weighted by molar-refractivity contribution is 5.83. The predicted octanol–water partition coefficient (Wildman–Crippen LogP) is 0.444. The summed E-state index contributed by atoms with van der Waals surface area (Å²) in [4.78, 5) is 22.8. The van der Waals surface area contributed by atoms with Crippen LogP contribution >= 0.6 is 0 Å². The van der Waals surface area contributed by atoms with Crippen molar-refractivity contribution in [1.29, 1.82) is 0 Å². The first-order valence-electron chi connectivity index (χ1n) is 6.13. The van der Waals surface area contributed by atoms with Crippen LogP contribution in [0.2, 0.25) is 0 Å². The van der Waals surface area contributed by atoms with Crippen LogP contribution in [0.5, 0.6) is 0 Å². The van der Waals surface area contributed by atoms with E-state index < -0.39 is 0 Å². The molecule has 17 heavy (non-hydrogen) atoms. The number of amides is 2. The van der Waals surface area contributed by atoms with Crippen LogP contribution in [0.15, 0.2) is 0 Å². The van der Waals surface area contributed by atoms with E-state index in [-0.39, 0.29) is 23.3 Å². The molecule has 0 bridgehead atoms. The van der Waals surface area contributed by atoms with E-state index in [4.69, 9.17) is 4.74 Å². The molecule has 2 amide bonds. The molecule has 0 aromatic heterocycles. The summed E-state index contributed by atoms with van der Waals surface area (Å²) in [6.45, 7) is 7.38. The van der Waals surface area contributed by atoms with Gasteiger partial charge in [-0.2, -0.15) is 0 Å². The summed E-state index contributed by atoms with van der Waals surface area (Å²) in [6, 6.07) is 0. The van der Waals surface area contributed by atoms with E-state index >= 15 is 0 Å². The Bertz CT molecular complexity index is 279. The molecule has 0 spiro atoms. The van der Waals surface area contributed by atoms with Crippen molar-refractivity contribution >= 4 is 11.8 Å². The van der Waals surface area contributed by atoms with Crippen LogP contribution in [-0.2, 0) is 14.3 Å². The van der Waals surface area contributed by atoms with Crippen molar-refractivity contribution in [1.82, 2.24) is 10.6 Å². The highest BCUT2D eigenvalue weighted by Gasteiger charge is 2.26. The maximum atomic E-state index is 11.8. The van der Waals surface area contributed by atoms with Crippen molar-refractivity contribution in [3.63, 3.8) is 0 Å². The number of rotatable bonds is 5. The molecule has 5 nitrogen and oxygen atoms in total. The zero-order valence-electron chi connectivity index (χ0n) is 10.8. The normalized spacial score (nSPS) is 20.9. The van der Waals surface area contributed by atoms with Gasteiger partial charge in [0.05, 0.1) is 11.5 Å². The number of ether oxygens (including phenoxy) is 1. The molecule has 5 heteroatoms. The van der Waals surface area contributed by atoms with Crippen LogP contribution < -0.4 is 10.6 Å². The number of hydrogen-bond acceptors (Lipinski definition) is 3. The van der Waals surface area contributed by atoms with Gasteiger partial charge in [0.2, 0.25) is 11.8 Å². The van der Waals surface area contributed by atoms with E-state index in [0.29, 0.717) is 32.5 Å². The Kier molecular flexibility index (Phi) is 4.93. The minimum atomic E-state index is -0.345. The van der Waals surface area contributed by atoms with Gasteiger partial charge in [-0.05, 0) is 27.2 Å². The summed E-state index contributed by atoms with van der Waals surface area (Å²) in [5.74, 6) is -0.0772. The summed E-state index contributed by atoms with van der Waals surface area (Å²) in [5.41, 5.74) is -0.345. The molecule has 1 rings (SSSR count). The van der Waals surface area contributed by atoms with Gasteiger partial charge in [-0.25, -0.2) is 0 Å². The van der Waals surface area contributed by atoms with E-state index in [1.54, 1.807) is 0 Å². The third kappa shape index (κ3) is 4.73. The molecule has 0 aromatic rings. The van der Waals surface area contributed by atoms with Gasteiger partial charge in [-0.15, -0.1) is 0 Å². The first-order valence-corrected chi connectivity index (χ1v) is 6.13. The zero-order valence-corrected chi connectivity index (χ0v) is 10.8. The fraction of sp³-hybridized carbons (Fsp3) is 0.833. The van der Waals surface area contributed by atoms with Crippen molar-refractivity contribution in [3.05, 3.63) is 0 Å². The van der Waals surface area contributed by atoms with Crippen LogP contribution in [0.25, 0.3) is 0 Å². The standard InChI is InChI=1S/C12H22N2O3/c1-4-17-12(2,3)8-14-11(16)9-5-6-10(15)13-7-9/h9H,4-8H2,1-3H3,(H,13,15)(H,14,16). The first kappa shape index (κ1) is 14.0. The van der Waals surface area contributed by atoms with Crippen molar-refractivity contribution < 1.29 is 14.3 Å². The van der Waals surface area contributed by atoms with Gasteiger partial charge >= 0.3 is 0 Å². The summed E-state index contributed by atoms with van der Waals surface area (Å²) in [7, 11) is 0. The van der Waals surface area contributed by atoms with Gasteiger partial charge in [0.15, 0.2) is 0 Å². The third-order valence-electron chi connectivity index (χ3n) is 2.86. The average molecular weight is 242 g/mol. The molecule has 1 aliphatic heterocycles. The van der Waals surface area contributed by atoms with Gasteiger partial charge in [0.1, 0.15) is 0 Å². The Morgan fingerprint density at radius 2 is 2.29 bits per heavy atom. The van der Waals surface area contributed by atoms with Crippen molar-refractivity contribution in [2.45, 2.75) is 39.2 Å². The molecular weight excluding hydrogens is 220 g/mol. The molecule has 0 aliphatic carbocycles. The van der Waals surface area contributed by atoms with E-state index in [1.807, 2.05) is 20.8 Å². The van der Waals surface area contributed by atoms with Crippen LogP contribution in [0.1, 0.15) is 33.6 Å². The number of carbonyl (C=O) groups is 2. The lowest BCUT2D eigenvalue weighted by Crippen LogP contribution is -2.47. The highest BCUT2D eigenvalue weighted by atomic mass is 16.5. The van der Waals surface area contributed by atoms with Crippen LogP contribution in [0.3, 0.4) is 0 Å². The van der Waals surface area contributed by atoms with Crippen LogP contribution in [0, 0.1) is 5.92 Å². The lowest BCUT2D eigenvalue weighted by Gasteiger charge is -2.27. The van der Waals surface area contributed by atoms with Crippen LogP contribution in [0.4, 0.5) is 0 Å². The number of hydrogen-bond donors (Lipinski definition) is 2. The Balaban J connectivity index is 2.32. The molecule has 1 atom stereocenters. The molecule has 1 fully saturated rings. The summed E-state index contributed by atoms with van der Waals surface area (Å²) >= 11 is 0. The molecule has 0 saturated carbocycles. The van der Waals surface area contributed by atoms with Crippen molar-refractivity contribution in [2.24, 2.45) is 5.92 Å². The van der Waals surface area contributed by atoms with E-state index in [9.17, 15) is 9.59 Å². The van der Waals surface area contributed by atoms with E-state index in [1.165, 1.54) is 0 Å². The Morgan fingerprint density at radius 1 is 1.59 bits per heavy atom. The minimum Gasteiger partial charge on any atom is -0.374 e. The van der Waals surface area contributed by atoms with Crippen molar-refractivity contribution in [2.75, 3.05) is 19.7 Å². The maximum Gasteiger partial charge on any atom is 0.225 e. The zero-order chi connectivity index (χ0) is 12.9. The van der Waals surface area contributed by atoms with E-state index in [2.05, 4.69) is 10.6 Å². The second-order valence-corrected chi connectivity index (χ2v) is 4.95. The van der Waals surface area contributed by atoms with E-state index in [0.717, 1.165) is 0 Å². The van der Waals surface area contributed by atoms with Gasteiger partial charge in [0, 0.05) is 26.1 Å². The molecule has 1 unspecified atom stereocenters. The second-order valence-electron chi connectivity index (χ2n) is 4.95. The first-order chi connectivity index (χ1) is 7.94. The largest absolute Gasteiger partial charge is 0.374 e. The summed E-state index contributed by atoms with van der Waals surface area (Å²) in [6.07, 6.45) is 1.07. The molecule has 1 aliphatic rings. The second kappa shape index (κ2) is 6.00. The fourth-order valence-electron chi connectivity index (χ4n) is 1.84. The topological polar surface area (TPSA) is 67.4 Å². The van der Waals surface area contributed by atoms with Gasteiger partial charge in [0.25, 0.3) is 0 Å². The number of nitrogens with one attached hydrogen (secondary N) is 2. The summed E-state index contributed by atoms with van der Waals surface area (Å²) in [5, 5.41) is 5.58. The van der Waals surface area contributed by atoms with Crippen LogP contribution in [-0.4, -0.2) is 37.1 Å². The Labute approximate surface area is 102 Å². The summed E-state index contributed by atoms with van der Waals surface area (Å²) < 4.78 is 5.50. The fourth-order valence-corrected chi connectivity index (χ4v) is 1.84.